The maximum Gasteiger partial charge on any atom is 0.123 e. The molecule has 0 N–H and O–H groups in total. The van der Waals surface area contributed by atoms with Gasteiger partial charge in [0.2, 0.25) is 0 Å². The highest BCUT2D eigenvalue weighted by atomic mass is 16.1. The van der Waals surface area contributed by atoms with Gasteiger partial charge in [-0.05, 0) is 43.7 Å². The molecule has 0 saturated heterocycles. The van der Waals surface area contributed by atoms with E-state index in [2.05, 4.69) is 43.5 Å². The van der Waals surface area contributed by atoms with Crippen molar-refractivity contribution in [3.8, 4) is 0 Å². The molecule has 124 valence electrons. The van der Waals surface area contributed by atoms with Crippen molar-refractivity contribution in [1.29, 1.82) is 0 Å². The Bertz CT molecular complexity index is 494. The Kier molecular flexibility index (Phi) is 14.7. The van der Waals surface area contributed by atoms with E-state index in [0.717, 1.165) is 19.1 Å². The molecule has 1 aromatic rings. The zero-order valence-corrected chi connectivity index (χ0v) is 14.4. The second kappa shape index (κ2) is 16.2. The Morgan fingerprint density at radius 2 is 1.70 bits per heavy atom. The predicted octanol–water partition coefficient (Wildman–Crippen LogP) is 6.33. The Labute approximate surface area is 142 Å². The lowest BCUT2D eigenvalue weighted by Gasteiger charge is -2.05. The summed E-state index contributed by atoms with van der Waals surface area (Å²) in [5.74, 6) is 0. The summed E-state index contributed by atoms with van der Waals surface area (Å²) in [5.41, 5.74) is 2.66. The second-order valence-corrected chi connectivity index (χ2v) is 5.17. The molecule has 0 amide bonds. The second-order valence-electron chi connectivity index (χ2n) is 5.17. The molecule has 0 aromatic heterocycles. The van der Waals surface area contributed by atoms with Gasteiger partial charge in [0.1, 0.15) is 6.29 Å². The maximum atomic E-state index is 10.1. The molecule has 0 bridgehead atoms. The van der Waals surface area contributed by atoms with Crippen LogP contribution in [0.4, 0.5) is 0 Å². The molecule has 0 unspecified atom stereocenters. The number of aryl methyl sites for hydroxylation is 1. The van der Waals surface area contributed by atoms with Crippen LogP contribution in [0, 0.1) is 0 Å². The fourth-order valence-electron chi connectivity index (χ4n) is 2.10. The monoisotopic (exact) mass is 310 g/mol. The Morgan fingerprint density at radius 3 is 2.39 bits per heavy atom. The lowest BCUT2D eigenvalue weighted by molar-refractivity contribution is -0.107. The highest BCUT2D eigenvalue weighted by Gasteiger charge is 1.97. The van der Waals surface area contributed by atoms with Crippen LogP contribution in [-0.4, -0.2) is 6.29 Å². The third kappa shape index (κ3) is 12.1. The van der Waals surface area contributed by atoms with Gasteiger partial charge in [0.25, 0.3) is 0 Å². The van der Waals surface area contributed by atoms with Crippen molar-refractivity contribution in [2.24, 2.45) is 0 Å². The highest BCUT2D eigenvalue weighted by Crippen LogP contribution is 2.14. The van der Waals surface area contributed by atoms with Crippen molar-refractivity contribution in [1.82, 2.24) is 0 Å². The molecule has 0 radical (unpaired) electrons. The quantitative estimate of drug-likeness (QED) is 0.214. The average molecular weight is 310 g/mol. The van der Waals surface area contributed by atoms with E-state index in [1.807, 2.05) is 31.2 Å². The number of rotatable bonds is 10. The van der Waals surface area contributed by atoms with Crippen molar-refractivity contribution >= 4 is 12.4 Å². The van der Waals surface area contributed by atoms with E-state index in [1.165, 1.54) is 30.4 Å². The van der Waals surface area contributed by atoms with Crippen molar-refractivity contribution < 1.29 is 4.79 Å². The fourth-order valence-corrected chi connectivity index (χ4v) is 2.10. The lowest BCUT2D eigenvalue weighted by atomic mass is 10.0. The molecule has 0 aliphatic carbocycles. The molecule has 0 saturated carbocycles. The smallest absolute Gasteiger partial charge is 0.123 e. The zero-order chi connectivity index (χ0) is 17.2. The van der Waals surface area contributed by atoms with Gasteiger partial charge in [-0.2, -0.15) is 0 Å². The largest absolute Gasteiger partial charge is 0.303 e. The van der Waals surface area contributed by atoms with Crippen LogP contribution >= 0.6 is 0 Å². The summed E-state index contributed by atoms with van der Waals surface area (Å²) in [5, 5.41) is 0. The maximum absolute atomic E-state index is 10.1. The molecule has 1 rings (SSSR count). The number of hydrogen-bond acceptors (Lipinski definition) is 1. The first-order valence-electron chi connectivity index (χ1n) is 8.32. The van der Waals surface area contributed by atoms with Gasteiger partial charge in [-0.25, -0.2) is 0 Å². The minimum Gasteiger partial charge on any atom is -0.303 e. The van der Waals surface area contributed by atoms with Crippen LogP contribution in [0.5, 0.6) is 0 Å². The molecule has 23 heavy (non-hydrogen) atoms. The molecular formula is C22H30O. The van der Waals surface area contributed by atoms with E-state index >= 15 is 0 Å². The Morgan fingerprint density at radius 1 is 1.00 bits per heavy atom. The molecular weight excluding hydrogens is 280 g/mol. The number of hydrogen-bond donors (Lipinski definition) is 0. The molecule has 0 aliphatic heterocycles. The zero-order valence-electron chi connectivity index (χ0n) is 14.4. The topological polar surface area (TPSA) is 17.1 Å². The summed E-state index contributed by atoms with van der Waals surface area (Å²) >= 11 is 0. The number of carbonyl (C=O) groups is 1. The molecule has 0 spiro atoms. The molecule has 1 nitrogen and oxygen atoms in total. The predicted molar refractivity (Wildman–Crippen MR) is 104 cm³/mol. The van der Waals surface area contributed by atoms with Crippen LogP contribution in [-0.2, 0) is 11.2 Å². The standard InChI is InChI=1S/C19H24O.C3H6/c1-2-18-14-11-12-16-19(18)15-10-8-6-4-3-5-7-9-13-17-20;1-3-2/h2-3,5,7,9,11-12,14,16-17H,1,4,6,8,10,13,15H2;3H,1H2,2H3/b5-3-,9-7-;. The van der Waals surface area contributed by atoms with Gasteiger partial charge in [-0.3, -0.25) is 0 Å². The molecule has 1 aromatic carbocycles. The van der Waals surface area contributed by atoms with Gasteiger partial charge >= 0.3 is 0 Å². The average Bonchev–Trinajstić information content (AvgIpc) is 2.57. The number of unbranched alkanes of at least 4 members (excludes halogenated alkanes) is 3. The van der Waals surface area contributed by atoms with Gasteiger partial charge < -0.3 is 4.79 Å². The number of allylic oxidation sites excluding steroid dienone is 5. The van der Waals surface area contributed by atoms with E-state index in [9.17, 15) is 4.79 Å². The molecule has 0 aliphatic rings. The first-order chi connectivity index (χ1) is 11.3. The lowest BCUT2D eigenvalue weighted by Crippen LogP contribution is -1.89. The first kappa shape index (κ1) is 20.9. The van der Waals surface area contributed by atoms with Gasteiger partial charge in [0.05, 0.1) is 0 Å². The van der Waals surface area contributed by atoms with Gasteiger partial charge in [0, 0.05) is 6.42 Å². The van der Waals surface area contributed by atoms with E-state index < -0.39 is 0 Å². The highest BCUT2D eigenvalue weighted by molar-refractivity contribution is 5.52. The van der Waals surface area contributed by atoms with Crippen molar-refractivity contribution in [2.45, 2.75) is 45.4 Å². The van der Waals surface area contributed by atoms with Crippen LogP contribution < -0.4 is 0 Å². The minimum absolute atomic E-state index is 0.507. The number of benzene rings is 1. The summed E-state index contributed by atoms with van der Waals surface area (Å²) in [6, 6.07) is 8.46. The van der Waals surface area contributed by atoms with Crippen LogP contribution in [0.3, 0.4) is 0 Å². The first-order valence-corrected chi connectivity index (χ1v) is 8.32. The normalized spacial score (nSPS) is 10.3. The summed E-state index contributed by atoms with van der Waals surface area (Å²) in [4.78, 5) is 10.1. The number of aldehydes is 1. The summed E-state index contributed by atoms with van der Waals surface area (Å²) in [6.45, 7) is 9.10. The van der Waals surface area contributed by atoms with E-state index in [4.69, 9.17) is 0 Å². The van der Waals surface area contributed by atoms with Gasteiger partial charge in [-0.15, -0.1) is 6.58 Å². The van der Waals surface area contributed by atoms with Crippen LogP contribution in [0.25, 0.3) is 6.08 Å². The third-order valence-corrected chi connectivity index (χ3v) is 3.21. The molecule has 1 heteroatoms. The summed E-state index contributed by atoms with van der Waals surface area (Å²) in [7, 11) is 0. The van der Waals surface area contributed by atoms with Crippen molar-refractivity contribution in [2.75, 3.05) is 0 Å². The fraction of sp³-hybridized carbons (Fsp3) is 0.318. The van der Waals surface area contributed by atoms with Crippen molar-refractivity contribution in [3.05, 3.63) is 78.9 Å². The number of carbonyl (C=O) groups excluding carboxylic acids is 1. The van der Waals surface area contributed by atoms with Gasteiger partial charge in [-0.1, -0.05) is 73.7 Å². The summed E-state index contributed by atoms with van der Waals surface area (Å²) in [6.07, 6.45) is 19.0. The molecule has 0 atom stereocenters. The molecule has 0 fully saturated rings. The minimum atomic E-state index is 0.507. The third-order valence-electron chi connectivity index (χ3n) is 3.21. The van der Waals surface area contributed by atoms with Crippen LogP contribution in [0.2, 0.25) is 0 Å². The Hall–Kier alpha value is -2.15. The SMILES string of the molecule is C=CC.C=Cc1ccccc1CCCCC/C=C\C=C/CC=O. The summed E-state index contributed by atoms with van der Waals surface area (Å²) < 4.78 is 0. The van der Waals surface area contributed by atoms with Crippen LogP contribution in [0.15, 0.2) is 67.8 Å². The van der Waals surface area contributed by atoms with Crippen LogP contribution in [0.1, 0.15) is 50.2 Å². The van der Waals surface area contributed by atoms with Crippen molar-refractivity contribution in [3.63, 3.8) is 0 Å². The van der Waals surface area contributed by atoms with E-state index in [-0.39, 0.29) is 0 Å². The molecule has 0 heterocycles. The Balaban J connectivity index is 0.00000149. The van der Waals surface area contributed by atoms with E-state index in [1.54, 1.807) is 6.08 Å². The van der Waals surface area contributed by atoms with E-state index in [0.29, 0.717) is 6.42 Å². The van der Waals surface area contributed by atoms with Gasteiger partial charge in [0.15, 0.2) is 0 Å².